The van der Waals surface area contributed by atoms with Crippen LogP contribution in [0.25, 0.3) is 10.2 Å². The Kier molecular flexibility index (Phi) is 8.89. The number of aliphatic hydroxyl groups is 1. The molecule has 1 N–H and O–H groups in total. The van der Waals surface area contributed by atoms with Crippen molar-refractivity contribution in [2.24, 2.45) is 0 Å². The Bertz CT molecular complexity index is 1530. The second-order valence-corrected chi connectivity index (χ2v) is 10.9. The van der Waals surface area contributed by atoms with E-state index in [-0.39, 0.29) is 42.5 Å². The monoisotopic (exact) mass is 627 g/mol. The zero-order valence-corrected chi connectivity index (χ0v) is 23.4. The van der Waals surface area contributed by atoms with Crippen molar-refractivity contribution in [3.8, 4) is 17.2 Å². The minimum Gasteiger partial charge on any atom is -0.491 e. The first kappa shape index (κ1) is 29.7. The molecule has 0 bridgehead atoms. The minimum atomic E-state index is -4.74. The lowest BCUT2D eigenvalue weighted by molar-refractivity contribution is -0.389. The van der Waals surface area contributed by atoms with Crippen LogP contribution in [-0.4, -0.2) is 62.8 Å². The number of alkyl halides is 3. The fourth-order valence-electron chi connectivity index (χ4n) is 4.38. The summed E-state index contributed by atoms with van der Waals surface area (Å²) in [5.41, 5.74) is 0.818. The molecule has 5 rings (SSSR count). The molecular formula is C26H25ClF3N5O6S. The first-order valence-electron chi connectivity index (χ1n) is 12.9. The van der Waals surface area contributed by atoms with Gasteiger partial charge in [0, 0.05) is 32.5 Å². The Hall–Kier alpha value is -3.82. The molecule has 0 radical (unpaired) electrons. The summed E-state index contributed by atoms with van der Waals surface area (Å²) in [7, 11) is 0. The molecule has 0 saturated carbocycles. The summed E-state index contributed by atoms with van der Waals surface area (Å²) in [6.45, 7) is 1.68. The molecule has 1 atom stereocenters. The average Bonchev–Trinajstić information content (AvgIpc) is 3.54. The minimum absolute atomic E-state index is 0.0221. The topological polar surface area (TPSA) is 125 Å². The van der Waals surface area contributed by atoms with Gasteiger partial charge in [-0.25, -0.2) is 4.98 Å². The molecule has 224 valence electrons. The summed E-state index contributed by atoms with van der Waals surface area (Å²) in [6.07, 6.45) is -2.71. The second-order valence-electron chi connectivity index (χ2n) is 9.52. The van der Waals surface area contributed by atoms with E-state index >= 15 is 0 Å². The van der Waals surface area contributed by atoms with Crippen LogP contribution in [0.4, 0.5) is 24.1 Å². The lowest BCUT2D eigenvalue weighted by atomic mass is 10.1. The fourth-order valence-corrected chi connectivity index (χ4v) is 5.65. The molecule has 2 aromatic carbocycles. The SMILES string of the molecule is O=[N+]([O-])c1cn(CC[C@@H](O)COc2ccc3nc(N4CCC(Oc5ccc(OC(F)(F)F)cc5)CC4)sc3c2)c(Cl)n1. The van der Waals surface area contributed by atoms with Crippen molar-refractivity contribution in [2.45, 2.75) is 44.4 Å². The van der Waals surface area contributed by atoms with Gasteiger partial charge in [0.1, 0.15) is 36.2 Å². The van der Waals surface area contributed by atoms with Gasteiger partial charge in [0.15, 0.2) is 5.13 Å². The van der Waals surface area contributed by atoms with Crippen molar-refractivity contribution in [3.05, 3.63) is 64.1 Å². The highest BCUT2D eigenvalue weighted by atomic mass is 35.5. The molecule has 3 heterocycles. The number of ether oxygens (including phenoxy) is 3. The Morgan fingerprint density at radius 1 is 1.12 bits per heavy atom. The van der Waals surface area contributed by atoms with Gasteiger partial charge in [-0.1, -0.05) is 11.3 Å². The number of benzene rings is 2. The van der Waals surface area contributed by atoms with Gasteiger partial charge in [0.05, 0.1) is 16.3 Å². The quantitative estimate of drug-likeness (QED) is 0.161. The highest BCUT2D eigenvalue weighted by molar-refractivity contribution is 7.22. The number of nitro groups is 1. The molecule has 0 spiro atoms. The van der Waals surface area contributed by atoms with Crippen molar-refractivity contribution in [1.82, 2.24) is 14.5 Å². The van der Waals surface area contributed by atoms with Crippen molar-refractivity contribution < 1.29 is 37.4 Å². The van der Waals surface area contributed by atoms with Gasteiger partial charge in [-0.05, 0) is 70.4 Å². The predicted molar refractivity (Wildman–Crippen MR) is 149 cm³/mol. The number of aromatic nitrogens is 3. The van der Waals surface area contributed by atoms with Crippen molar-refractivity contribution >= 4 is 44.1 Å². The zero-order chi connectivity index (χ0) is 29.9. The normalized spacial score (nSPS) is 15.1. The van der Waals surface area contributed by atoms with Gasteiger partial charge in [-0.2, -0.15) is 0 Å². The lowest BCUT2D eigenvalue weighted by Gasteiger charge is -2.31. The molecule has 0 aliphatic carbocycles. The molecule has 1 aliphatic rings. The van der Waals surface area contributed by atoms with Gasteiger partial charge in [-0.3, -0.25) is 4.57 Å². The van der Waals surface area contributed by atoms with Crippen LogP contribution in [0.5, 0.6) is 17.2 Å². The predicted octanol–water partition coefficient (Wildman–Crippen LogP) is 5.83. The molecule has 16 heteroatoms. The number of thiazole rings is 1. The third-order valence-corrected chi connectivity index (χ3v) is 7.85. The highest BCUT2D eigenvalue weighted by Gasteiger charge is 2.31. The lowest BCUT2D eigenvalue weighted by Crippen LogP contribution is -2.38. The van der Waals surface area contributed by atoms with Gasteiger partial charge >= 0.3 is 17.5 Å². The summed E-state index contributed by atoms with van der Waals surface area (Å²) >= 11 is 7.43. The van der Waals surface area contributed by atoms with E-state index in [1.807, 2.05) is 12.1 Å². The van der Waals surface area contributed by atoms with E-state index in [0.717, 1.165) is 28.2 Å². The maximum atomic E-state index is 12.3. The molecule has 1 fully saturated rings. The van der Waals surface area contributed by atoms with Crippen LogP contribution < -0.4 is 19.1 Å². The zero-order valence-electron chi connectivity index (χ0n) is 21.9. The standard InChI is InChI=1S/C26H25ClF3N5O6S/c27-24-32-23(35(37)38)14-34(24)10-7-16(36)15-39-20-5-6-21-22(13-20)42-25(31-21)33-11-8-18(9-12-33)40-17-1-3-19(4-2-17)41-26(28,29)30/h1-6,13-14,16,18,36H,7-12,15H2/t16-/m1/s1. The number of hydrogen-bond acceptors (Lipinski definition) is 10. The molecule has 42 heavy (non-hydrogen) atoms. The molecule has 1 aliphatic heterocycles. The van der Waals surface area contributed by atoms with Gasteiger partial charge < -0.3 is 34.3 Å². The Labute approximate surface area is 246 Å². The van der Waals surface area contributed by atoms with E-state index < -0.39 is 17.4 Å². The van der Waals surface area contributed by atoms with Crippen LogP contribution in [0.3, 0.4) is 0 Å². The van der Waals surface area contributed by atoms with Crippen LogP contribution >= 0.6 is 22.9 Å². The summed E-state index contributed by atoms with van der Waals surface area (Å²) in [6, 6.07) is 10.9. The first-order chi connectivity index (χ1) is 20.0. The number of rotatable bonds is 11. The molecular weight excluding hydrogens is 603 g/mol. The van der Waals surface area contributed by atoms with E-state index in [2.05, 4.69) is 14.6 Å². The highest BCUT2D eigenvalue weighted by Crippen LogP contribution is 2.34. The largest absolute Gasteiger partial charge is 0.573 e. The summed E-state index contributed by atoms with van der Waals surface area (Å²) in [4.78, 5) is 20.7. The number of aliphatic hydroxyl groups excluding tert-OH is 1. The van der Waals surface area contributed by atoms with Crippen LogP contribution in [0, 0.1) is 10.1 Å². The number of halogens is 4. The van der Waals surface area contributed by atoms with Gasteiger partial charge in [0.25, 0.3) is 0 Å². The van der Waals surface area contributed by atoms with Gasteiger partial charge in [-0.15, -0.1) is 13.2 Å². The molecule has 1 saturated heterocycles. The smallest absolute Gasteiger partial charge is 0.491 e. The summed E-state index contributed by atoms with van der Waals surface area (Å²) in [5, 5.41) is 22.0. The number of anilines is 1. The number of hydrogen-bond donors (Lipinski definition) is 1. The van der Waals surface area contributed by atoms with E-state index in [4.69, 9.17) is 26.1 Å². The molecule has 0 amide bonds. The van der Waals surface area contributed by atoms with E-state index in [1.165, 1.54) is 46.4 Å². The molecule has 0 unspecified atom stereocenters. The Morgan fingerprint density at radius 3 is 2.48 bits per heavy atom. The molecule has 2 aromatic heterocycles. The van der Waals surface area contributed by atoms with Crippen LogP contribution in [0.1, 0.15) is 19.3 Å². The number of imidazole rings is 1. The number of fused-ring (bicyclic) bond motifs is 1. The first-order valence-corrected chi connectivity index (χ1v) is 14.1. The molecule has 4 aromatic rings. The van der Waals surface area contributed by atoms with Crippen LogP contribution in [-0.2, 0) is 6.54 Å². The number of aryl methyl sites for hydroxylation is 1. The third kappa shape index (κ3) is 7.72. The maximum absolute atomic E-state index is 12.3. The van der Waals surface area contributed by atoms with E-state index in [9.17, 15) is 28.4 Å². The summed E-state index contributed by atoms with van der Waals surface area (Å²) in [5.74, 6) is 0.408. The van der Waals surface area contributed by atoms with Crippen molar-refractivity contribution in [3.63, 3.8) is 0 Å². The maximum Gasteiger partial charge on any atom is 0.573 e. The van der Waals surface area contributed by atoms with E-state index in [1.54, 1.807) is 6.07 Å². The fraction of sp³-hybridized carbons (Fsp3) is 0.385. The van der Waals surface area contributed by atoms with Crippen LogP contribution in [0.15, 0.2) is 48.7 Å². The van der Waals surface area contributed by atoms with Gasteiger partial charge in [0.2, 0.25) is 0 Å². The number of piperidine rings is 1. The number of nitrogens with zero attached hydrogens (tertiary/aromatic N) is 5. The van der Waals surface area contributed by atoms with Crippen molar-refractivity contribution in [1.29, 1.82) is 0 Å². The molecule has 11 nitrogen and oxygen atoms in total. The van der Waals surface area contributed by atoms with Crippen LogP contribution in [0.2, 0.25) is 5.28 Å². The Morgan fingerprint density at radius 2 is 1.81 bits per heavy atom. The Balaban J connectivity index is 1.09. The summed E-state index contributed by atoms with van der Waals surface area (Å²) < 4.78 is 55.0. The second kappa shape index (κ2) is 12.6. The third-order valence-electron chi connectivity index (χ3n) is 6.47. The van der Waals surface area contributed by atoms with E-state index in [0.29, 0.717) is 24.6 Å². The average molecular weight is 628 g/mol. The van der Waals surface area contributed by atoms with Crippen molar-refractivity contribution in [2.75, 3.05) is 24.6 Å².